The zero-order valence-corrected chi connectivity index (χ0v) is 13.6. The van der Waals surface area contributed by atoms with Crippen LogP contribution >= 0.6 is 11.3 Å². The second kappa shape index (κ2) is 9.45. The highest BCUT2D eigenvalue weighted by Crippen LogP contribution is 2.22. The number of thiazole rings is 1. The monoisotopic (exact) mass is 284 g/mol. The molecular formula is C15H28N2OS. The van der Waals surface area contributed by atoms with E-state index in [4.69, 9.17) is 9.72 Å². The van der Waals surface area contributed by atoms with Crippen LogP contribution < -0.4 is 5.32 Å². The van der Waals surface area contributed by atoms with Gasteiger partial charge in [0.1, 0.15) is 0 Å². The van der Waals surface area contributed by atoms with Crippen LogP contribution in [0.1, 0.15) is 49.2 Å². The van der Waals surface area contributed by atoms with Crippen molar-refractivity contribution in [1.29, 1.82) is 0 Å². The lowest BCUT2D eigenvalue weighted by Crippen LogP contribution is -2.14. The molecule has 0 fully saturated rings. The predicted molar refractivity (Wildman–Crippen MR) is 82.9 cm³/mol. The summed E-state index contributed by atoms with van der Waals surface area (Å²) in [6.45, 7) is 9.59. The Balaban J connectivity index is 2.62. The summed E-state index contributed by atoms with van der Waals surface area (Å²) in [5, 5.41) is 4.76. The van der Waals surface area contributed by atoms with Crippen molar-refractivity contribution in [1.82, 2.24) is 10.3 Å². The quantitative estimate of drug-likeness (QED) is 0.669. The highest BCUT2D eigenvalue weighted by atomic mass is 32.1. The minimum atomic E-state index is 0.666. The van der Waals surface area contributed by atoms with E-state index in [0.717, 1.165) is 39.0 Å². The number of nitrogens with zero attached hydrogens (tertiary/aromatic N) is 1. The molecule has 0 aliphatic rings. The molecule has 0 amide bonds. The fourth-order valence-electron chi connectivity index (χ4n) is 1.97. The molecule has 0 bridgehead atoms. The maximum absolute atomic E-state index is 5.11. The van der Waals surface area contributed by atoms with E-state index in [2.05, 4.69) is 26.1 Å². The van der Waals surface area contributed by atoms with Crippen LogP contribution in [-0.4, -0.2) is 25.2 Å². The number of ether oxygens (including phenoxy) is 1. The molecule has 0 atom stereocenters. The number of hydrogen-bond donors (Lipinski definition) is 1. The second-order valence-corrected chi connectivity index (χ2v) is 6.52. The van der Waals surface area contributed by atoms with Gasteiger partial charge in [0.15, 0.2) is 0 Å². The van der Waals surface area contributed by atoms with Crippen LogP contribution in [0.2, 0.25) is 0 Å². The lowest BCUT2D eigenvalue weighted by atomic mass is 10.1. The molecule has 110 valence electrons. The number of hydrogen-bond acceptors (Lipinski definition) is 4. The SMILES string of the molecule is CCCNCc1sc(CCCOC)nc1CC(C)C. The Kier molecular flexibility index (Phi) is 8.26. The third-order valence-electron chi connectivity index (χ3n) is 2.88. The van der Waals surface area contributed by atoms with Gasteiger partial charge in [-0.2, -0.15) is 0 Å². The van der Waals surface area contributed by atoms with E-state index in [9.17, 15) is 0 Å². The van der Waals surface area contributed by atoms with Crippen molar-refractivity contribution in [2.24, 2.45) is 5.92 Å². The van der Waals surface area contributed by atoms with E-state index >= 15 is 0 Å². The van der Waals surface area contributed by atoms with Crippen LogP contribution in [0.3, 0.4) is 0 Å². The molecule has 0 saturated carbocycles. The average molecular weight is 284 g/mol. The van der Waals surface area contributed by atoms with Gasteiger partial charge in [0.05, 0.1) is 10.7 Å². The minimum absolute atomic E-state index is 0.666. The van der Waals surface area contributed by atoms with Gasteiger partial charge in [-0.3, -0.25) is 0 Å². The number of aryl methyl sites for hydroxylation is 1. The number of methoxy groups -OCH3 is 1. The van der Waals surface area contributed by atoms with Crippen molar-refractivity contribution < 1.29 is 4.74 Å². The number of rotatable bonds is 10. The molecule has 0 radical (unpaired) electrons. The maximum Gasteiger partial charge on any atom is 0.0932 e. The van der Waals surface area contributed by atoms with Crippen molar-refractivity contribution in [2.75, 3.05) is 20.3 Å². The van der Waals surface area contributed by atoms with E-state index in [1.165, 1.54) is 22.0 Å². The topological polar surface area (TPSA) is 34.1 Å². The Labute approximate surface area is 121 Å². The largest absolute Gasteiger partial charge is 0.385 e. The molecule has 0 saturated heterocycles. The summed E-state index contributed by atoms with van der Waals surface area (Å²) in [5.74, 6) is 0.666. The molecule has 0 aliphatic carbocycles. The van der Waals surface area contributed by atoms with Gasteiger partial charge in [-0.15, -0.1) is 11.3 Å². The molecule has 1 rings (SSSR count). The van der Waals surface area contributed by atoms with Crippen LogP contribution in [0, 0.1) is 5.92 Å². The Bertz CT molecular complexity index is 350. The van der Waals surface area contributed by atoms with Crippen molar-refractivity contribution in [2.45, 2.75) is 53.0 Å². The standard InChI is InChI=1S/C15H28N2OS/c1-5-8-16-11-14-13(10-12(2)3)17-15(19-14)7-6-9-18-4/h12,16H,5-11H2,1-4H3. The Morgan fingerprint density at radius 2 is 2.16 bits per heavy atom. The molecule has 0 unspecified atom stereocenters. The molecule has 4 heteroatoms. The summed E-state index contributed by atoms with van der Waals surface area (Å²) in [5.41, 5.74) is 1.30. The summed E-state index contributed by atoms with van der Waals surface area (Å²) in [7, 11) is 1.76. The molecule has 0 aliphatic heterocycles. The first-order valence-corrected chi connectivity index (χ1v) is 8.16. The van der Waals surface area contributed by atoms with Gasteiger partial charge in [0.25, 0.3) is 0 Å². The zero-order chi connectivity index (χ0) is 14.1. The lowest BCUT2D eigenvalue weighted by molar-refractivity contribution is 0.195. The number of aromatic nitrogens is 1. The molecule has 0 aromatic carbocycles. The number of nitrogens with one attached hydrogen (secondary N) is 1. The predicted octanol–water partition coefficient (Wildman–Crippen LogP) is 3.42. The third kappa shape index (κ3) is 6.50. The summed E-state index contributed by atoms with van der Waals surface area (Å²) >= 11 is 1.87. The maximum atomic E-state index is 5.11. The van der Waals surface area contributed by atoms with E-state index in [1.807, 2.05) is 11.3 Å². The van der Waals surface area contributed by atoms with Crippen LogP contribution in [0.5, 0.6) is 0 Å². The fraction of sp³-hybridized carbons (Fsp3) is 0.800. The van der Waals surface area contributed by atoms with Gasteiger partial charge in [-0.05, 0) is 31.7 Å². The molecule has 3 nitrogen and oxygen atoms in total. The summed E-state index contributed by atoms with van der Waals surface area (Å²) < 4.78 is 5.11. The molecule has 0 spiro atoms. The normalized spacial score (nSPS) is 11.4. The van der Waals surface area contributed by atoms with Crippen molar-refractivity contribution >= 4 is 11.3 Å². The molecule has 1 N–H and O–H groups in total. The average Bonchev–Trinajstić information content (AvgIpc) is 2.72. The Hall–Kier alpha value is -0.450. The minimum Gasteiger partial charge on any atom is -0.385 e. The van der Waals surface area contributed by atoms with E-state index in [0.29, 0.717) is 5.92 Å². The van der Waals surface area contributed by atoms with E-state index in [-0.39, 0.29) is 0 Å². The molecule has 1 aromatic rings. The first-order chi connectivity index (χ1) is 9.17. The zero-order valence-electron chi connectivity index (χ0n) is 12.8. The highest BCUT2D eigenvalue weighted by molar-refractivity contribution is 7.11. The van der Waals surface area contributed by atoms with E-state index in [1.54, 1.807) is 7.11 Å². The first-order valence-electron chi connectivity index (χ1n) is 7.34. The molecule has 1 aromatic heterocycles. The first kappa shape index (κ1) is 16.6. The van der Waals surface area contributed by atoms with Crippen LogP contribution in [0.25, 0.3) is 0 Å². The van der Waals surface area contributed by atoms with Crippen molar-refractivity contribution in [3.8, 4) is 0 Å². The van der Waals surface area contributed by atoms with E-state index < -0.39 is 0 Å². The summed E-state index contributed by atoms with van der Waals surface area (Å²) in [6.07, 6.45) is 4.37. The lowest BCUT2D eigenvalue weighted by Gasteiger charge is -2.05. The Morgan fingerprint density at radius 3 is 2.79 bits per heavy atom. The van der Waals surface area contributed by atoms with Crippen molar-refractivity contribution in [3.05, 3.63) is 15.6 Å². The van der Waals surface area contributed by atoms with Gasteiger partial charge >= 0.3 is 0 Å². The van der Waals surface area contributed by atoms with Crippen LogP contribution in [0.4, 0.5) is 0 Å². The van der Waals surface area contributed by atoms with Gasteiger partial charge in [0.2, 0.25) is 0 Å². The highest BCUT2D eigenvalue weighted by Gasteiger charge is 2.12. The van der Waals surface area contributed by atoms with Gasteiger partial charge in [-0.25, -0.2) is 4.98 Å². The Morgan fingerprint density at radius 1 is 1.37 bits per heavy atom. The summed E-state index contributed by atoms with van der Waals surface area (Å²) in [4.78, 5) is 6.25. The van der Waals surface area contributed by atoms with Gasteiger partial charge in [0, 0.05) is 31.6 Å². The van der Waals surface area contributed by atoms with Crippen molar-refractivity contribution in [3.63, 3.8) is 0 Å². The second-order valence-electron chi connectivity index (χ2n) is 5.35. The van der Waals surface area contributed by atoms with Crippen LogP contribution in [0.15, 0.2) is 0 Å². The van der Waals surface area contributed by atoms with Gasteiger partial charge in [-0.1, -0.05) is 20.8 Å². The molecular weight excluding hydrogens is 256 g/mol. The smallest absolute Gasteiger partial charge is 0.0932 e. The van der Waals surface area contributed by atoms with Crippen LogP contribution in [-0.2, 0) is 24.1 Å². The molecule has 1 heterocycles. The third-order valence-corrected chi connectivity index (χ3v) is 4.03. The summed E-state index contributed by atoms with van der Waals surface area (Å²) in [6, 6.07) is 0. The molecule has 19 heavy (non-hydrogen) atoms. The van der Waals surface area contributed by atoms with Gasteiger partial charge < -0.3 is 10.1 Å². The fourth-order valence-corrected chi connectivity index (χ4v) is 3.08.